The minimum absolute atomic E-state index is 0.347. The van der Waals surface area contributed by atoms with E-state index < -0.39 is 0 Å². The van der Waals surface area contributed by atoms with Gasteiger partial charge in [-0.1, -0.05) is 26.7 Å². The second kappa shape index (κ2) is 8.09. The van der Waals surface area contributed by atoms with Gasteiger partial charge < -0.3 is 4.90 Å². The molecule has 0 atom stereocenters. The van der Waals surface area contributed by atoms with Crippen LogP contribution in [-0.4, -0.2) is 23.9 Å². The maximum absolute atomic E-state index is 11.2. The van der Waals surface area contributed by atoms with Gasteiger partial charge in [0.05, 0.1) is 0 Å². The lowest BCUT2D eigenvalue weighted by Crippen LogP contribution is -2.29. The van der Waals surface area contributed by atoms with E-state index in [1.807, 2.05) is 11.8 Å². The van der Waals surface area contributed by atoms with E-state index in [0.717, 1.165) is 25.9 Å². The lowest BCUT2D eigenvalue weighted by Gasteiger charge is -2.17. The van der Waals surface area contributed by atoms with Gasteiger partial charge in [0.15, 0.2) is 0 Å². The van der Waals surface area contributed by atoms with Crippen molar-refractivity contribution in [1.82, 2.24) is 4.90 Å². The molecule has 78 valence electrons. The van der Waals surface area contributed by atoms with Crippen molar-refractivity contribution in [1.29, 1.82) is 0 Å². The lowest BCUT2D eigenvalue weighted by molar-refractivity contribution is -0.130. The highest BCUT2D eigenvalue weighted by Gasteiger charge is 2.13. The monoisotopic (exact) mass is 185 g/mol. The largest absolute Gasteiger partial charge is 0.343 e. The number of rotatable bonds is 1. The Labute approximate surface area is 82.3 Å². The molecule has 1 rings (SSSR count). The third-order valence-electron chi connectivity index (χ3n) is 2.05. The summed E-state index contributed by atoms with van der Waals surface area (Å²) in [5.74, 6) is 0.347. The zero-order valence-electron chi connectivity index (χ0n) is 9.31. The van der Waals surface area contributed by atoms with E-state index in [1.54, 1.807) is 0 Å². The van der Waals surface area contributed by atoms with Crippen LogP contribution in [0, 0.1) is 0 Å². The van der Waals surface area contributed by atoms with Gasteiger partial charge in [-0.2, -0.15) is 0 Å². The summed E-state index contributed by atoms with van der Waals surface area (Å²) >= 11 is 0. The molecule has 0 aliphatic carbocycles. The number of carbonyl (C=O) groups is 1. The fourth-order valence-corrected chi connectivity index (χ4v) is 1.37. The predicted molar refractivity (Wildman–Crippen MR) is 56.7 cm³/mol. The van der Waals surface area contributed by atoms with Crippen LogP contribution in [0.25, 0.3) is 0 Å². The van der Waals surface area contributed by atoms with E-state index in [9.17, 15) is 4.79 Å². The Hall–Kier alpha value is -0.530. The molecule has 0 aromatic heterocycles. The summed E-state index contributed by atoms with van der Waals surface area (Å²) in [6.45, 7) is 8.16. The van der Waals surface area contributed by atoms with Crippen LogP contribution < -0.4 is 0 Å². The molecule has 1 amide bonds. The van der Waals surface area contributed by atoms with Crippen molar-refractivity contribution in [3.8, 4) is 0 Å². The maximum atomic E-state index is 11.2. The average molecular weight is 185 g/mol. The Morgan fingerprint density at radius 1 is 1.15 bits per heavy atom. The van der Waals surface area contributed by atoms with Gasteiger partial charge >= 0.3 is 0 Å². The summed E-state index contributed by atoms with van der Waals surface area (Å²) in [5, 5.41) is 0. The van der Waals surface area contributed by atoms with Crippen LogP contribution in [0.3, 0.4) is 0 Å². The molecule has 0 aromatic carbocycles. The molecular formula is C11H23NO. The molecule has 0 spiro atoms. The maximum Gasteiger partial charge on any atom is 0.222 e. The summed E-state index contributed by atoms with van der Waals surface area (Å²) < 4.78 is 0. The second-order valence-corrected chi connectivity index (χ2v) is 3.49. The molecule has 1 saturated heterocycles. The summed E-state index contributed by atoms with van der Waals surface area (Å²) in [4.78, 5) is 13.1. The summed E-state index contributed by atoms with van der Waals surface area (Å²) in [5.41, 5.74) is 0. The van der Waals surface area contributed by atoms with Gasteiger partial charge in [0.2, 0.25) is 5.91 Å². The molecule has 1 heterocycles. The van der Waals surface area contributed by atoms with Gasteiger partial charge in [-0.25, -0.2) is 0 Å². The van der Waals surface area contributed by atoms with Crippen molar-refractivity contribution in [3.05, 3.63) is 0 Å². The van der Waals surface area contributed by atoms with Crippen LogP contribution >= 0.6 is 0 Å². The van der Waals surface area contributed by atoms with Gasteiger partial charge in [0.1, 0.15) is 0 Å². The molecule has 0 radical (unpaired) electrons. The summed E-state index contributed by atoms with van der Waals surface area (Å²) in [7, 11) is 0. The van der Waals surface area contributed by atoms with Crippen LogP contribution in [0.1, 0.15) is 52.9 Å². The van der Waals surface area contributed by atoms with Gasteiger partial charge in [0, 0.05) is 19.5 Å². The fraction of sp³-hybridized carbons (Fsp3) is 0.909. The van der Waals surface area contributed by atoms with Crippen LogP contribution in [0.4, 0.5) is 0 Å². The molecule has 13 heavy (non-hydrogen) atoms. The second-order valence-electron chi connectivity index (χ2n) is 3.49. The summed E-state index contributed by atoms with van der Waals surface area (Å²) in [6.07, 6.45) is 5.53. The van der Waals surface area contributed by atoms with Crippen molar-refractivity contribution in [2.75, 3.05) is 13.1 Å². The number of amides is 1. The summed E-state index contributed by atoms with van der Waals surface area (Å²) in [6, 6.07) is 0. The molecule has 0 unspecified atom stereocenters. The standard InChI is InChI=1S/C8H15NO.C3H8/c1-2-9-7-5-3-4-6-8(9)10;1-3-2/h2-7H2,1H3;3H2,1-2H3. The molecule has 1 aliphatic heterocycles. The number of nitrogens with zero attached hydrogens (tertiary/aromatic N) is 1. The van der Waals surface area contributed by atoms with Crippen LogP contribution in [0.5, 0.6) is 0 Å². The minimum atomic E-state index is 0.347. The Morgan fingerprint density at radius 2 is 1.77 bits per heavy atom. The number of carbonyl (C=O) groups excluding carboxylic acids is 1. The van der Waals surface area contributed by atoms with Gasteiger partial charge in [0.25, 0.3) is 0 Å². The zero-order valence-corrected chi connectivity index (χ0v) is 9.31. The predicted octanol–water partition coefficient (Wildman–Crippen LogP) is 2.83. The Morgan fingerprint density at radius 3 is 2.31 bits per heavy atom. The van der Waals surface area contributed by atoms with Gasteiger partial charge in [-0.3, -0.25) is 4.79 Å². The lowest BCUT2D eigenvalue weighted by atomic mass is 10.2. The zero-order chi connectivity index (χ0) is 10.1. The third-order valence-corrected chi connectivity index (χ3v) is 2.05. The molecule has 1 aliphatic rings. The highest BCUT2D eigenvalue weighted by Crippen LogP contribution is 2.09. The SMILES string of the molecule is CCC.CCN1CCCCCC1=O. The first kappa shape index (κ1) is 12.5. The molecule has 0 saturated carbocycles. The van der Waals surface area contributed by atoms with E-state index in [2.05, 4.69) is 13.8 Å². The first-order chi connectivity index (χ1) is 6.26. The molecule has 0 aromatic rings. The first-order valence-electron chi connectivity index (χ1n) is 5.54. The van der Waals surface area contributed by atoms with Crippen molar-refractivity contribution in [2.45, 2.75) is 52.9 Å². The van der Waals surface area contributed by atoms with Crippen molar-refractivity contribution >= 4 is 5.91 Å². The third kappa shape index (κ3) is 5.67. The van der Waals surface area contributed by atoms with E-state index in [-0.39, 0.29) is 0 Å². The van der Waals surface area contributed by atoms with Gasteiger partial charge in [-0.05, 0) is 19.8 Å². The van der Waals surface area contributed by atoms with Gasteiger partial charge in [-0.15, -0.1) is 0 Å². The molecule has 2 heteroatoms. The highest BCUT2D eigenvalue weighted by atomic mass is 16.2. The van der Waals surface area contributed by atoms with Crippen LogP contribution in [0.15, 0.2) is 0 Å². The Balaban J connectivity index is 0.000000424. The van der Waals surface area contributed by atoms with Crippen molar-refractivity contribution < 1.29 is 4.79 Å². The van der Waals surface area contributed by atoms with Crippen molar-refractivity contribution in [3.63, 3.8) is 0 Å². The Kier molecular flexibility index (Phi) is 7.76. The number of likely N-dealkylation sites (tertiary alicyclic amines) is 1. The molecular weight excluding hydrogens is 162 g/mol. The highest BCUT2D eigenvalue weighted by molar-refractivity contribution is 5.76. The molecule has 0 N–H and O–H groups in total. The van der Waals surface area contributed by atoms with E-state index in [1.165, 1.54) is 19.3 Å². The van der Waals surface area contributed by atoms with Crippen LogP contribution in [0.2, 0.25) is 0 Å². The molecule has 0 bridgehead atoms. The number of hydrogen-bond donors (Lipinski definition) is 0. The quantitative estimate of drug-likeness (QED) is 0.615. The van der Waals surface area contributed by atoms with Crippen LogP contribution in [-0.2, 0) is 4.79 Å². The topological polar surface area (TPSA) is 20.3 Å². The van der Waals surface area contributed by atoms with Crippen molar-refractivity contribution in [2.24, 2.45) is 0 Å². The average Bonchev–Trinajstić information content (AvgIpc) is 2.31. The molecule has 2 nitrogen and oxygen atoms in total. The smallest absolute Gasteiger partial charge is 0.222 e. The van der Waals surface area contributed by atoms with E-state index in [0.29, 0.717) is 5.91 Å². The number of hydrogen-bond acceptors (Lipinski definition) is 1. The molecule has 1 fully saturated rings. The van der Waals surface area contributed by atoms with E-state index >= 15 is 0 Å². The fourth-order valence-electron chi connectivity index (χ4n) is 1.37. The normalized spacial score (nSPS) is 17.5. The first-order valence-corrected chi connectivity index (χ1v) is 5.54. The Bertz CT molecular complexity index is 134. The van der Waals surface area contributed by atoms with E-state index in [4.69, 9.17) is 0 Å². The minimum Gasteiger partial charge on any atom is -0.343 e.